The fourth-order valence-electron chi connectivity index (χ4n) is 2.87. The number of nitrogens with two attached hydrogens (primary N) is 1. The molecule has 0 saturated heterocycles. The maximum atomic E-state index is 12.9. The molecule has 0 aliphatic heterocycles. The van der Waals surface area contributed by atoms with E-state index in [9.17, 15) is 8.42 Å². The topological polar surface area (TPSA) is 72.2 Å². The molecule has 0 aromatic heterocycles. The maximum Gasteiger partial charge on any atom is 0.242 e. The van der Waals surface area contributed by atoms with Crippen LogP contribution in [0.1, 0.15) is 16.7 Å². The van der Waals surface area contributed by atoms with Gasteiger partial charge in [0.05, 0.1) is 4.90 Å². The van der Waals surface area contributed by atoms with Crippen LogP contribution < -0.4 is 10.5 Å². The zero-order valence-corrected chi connectivity index (χ0v) is 17.5. The average Bonchev–Trinajstić information content (AvgIpc) is 2.63. The molecule has 4 nitrogen and oxygen atoms in total. The molecule has 3 N–H and O–H groups in total. The van der Waals surface area contributed by atoms with Gasteiger partial charge in [-0.2, -0.15) is 4.72 Å². The van der Waals surface area contributed by atoms with Gasteiger partial charge in [-0.1, -0.05) is 78.4 Å². The molecule has 0 saturated carbocycles. The van der Waals surface area contributed by atoms with Gasteiger partial charge in [0.1, 0.15) is 5.66 Å². The number of benzene rings is 3. The number of aryl methyl sites for hydroxylation is 1. The molecule has 0 amide bonds. The molecule has 0 aliphatic carbocycles. The van der Waals surface area contributed by atoms with Crippen molar-refractivity contribution in [2.45, 2.75) is 23.9 Å². The fourth-order valence-corrected chi connectivity index (χ4v) is 4.15. The molecule has 27 heavy (non-hydrogen) atoms. The van der Waals surface area contributed by atoms with Gasteiger partial charge >= 0.3 is 0 Å². The van der Waals surface area contributed by atoms with Gasteiger partial charge in [-0.15, -0.1) is 0 Å². The Balaban J connectivity index is 0.00000261. The van der Waals surface area contributed by atoms with Crippen LogP contribution in [-0.4, -0.2) is 8.42 Å². The van der Waals surface area contributed by atoms with Crippen molar-refractivity contribution in [1.29, 1.82) is 0 Å². The minimum atomic E-state index is -3.78. The van der Waals surface area contributed by atoms with Crippen LogP contribution >= 0.6 is 0 Å². The van der Waals surface area contributed by atoms with Crippen LogP contribution in [0, 0.1) is 6.92 Å². The van der Waals surface area contributed by atoms with Gasteiger partial charge in [0.15, 0.2) is 0 Å². The van der Waals surface area contributed by atoms with Gasteiger partial charge in [-0.3, -0.25) is 0 Å². The van der Waals surface area contributed by atoms with Crippen LogP contribution in [-0.2, 0) is 41.6 Å². The summed E-state index contributed by atoms with van der Waals surface area (Å²) in [7, 11) is -3.78. The molecule has 0 aliphatic rings. The van der Waals surface area contributed by atoms with Crippen molar-refractivity contribution in [1.82, 2.24) is 4.72 Å². The minimum Gasteiger partial charge on any atom is -0.308 e. The third-order valence-electron chi connectivity index (χ3n) is 4.26. The second-order valence-corrected chi connectivity index (χ2v) is 8.10. The molecular formula is C21H22N2O2RuS. The summed E-state index contributed by atoms with van der Waals surface area (Å²) in [5.41, 5.74) is 8.01. The molecular weight excluding hydrogens is 445 g/mol. The monoisotopic (exact) mass is 468 g/mol. The van der Waals surface area contributed by atoms with E-state index in [1.807, 2.05) is 67.6 Å². The van der Waals surface area contributed by atoms with Gasteiger partial charge in [0.2, 0.25) is 10.0 Å². The van der Waals surface area contributed by atoms with Crippen molar-refractivity contribution >= 4 is 10.0 Å². The largest absolute Gasteiger partial charge is 0.308 e. The van der Waals surface area contributed by atoms with Crippen molar-refractivity contribution < 1.29 is 27.9 Å². The van der Waals surface area contributed by atoms with Gasteiger partial charge in [0.25, 0.3) is 0 Å². The Morgan fingerprint density at radius 1 is 0.852 bits per heavy atom. The second-order valence-electron chi connectivity index (χ2n) is 6.42. The molecule has 3 aromatic rings. The predicted molar refractivity (Wildman–Crippen MR) is 104 cm³/mol. The molecule has 1 atom stereocenters. The van der Waals surface area contributed by atoms with Gasteiger partial charge in [-0.25, -0.2) is 8.42 Å². The van der Waals surface area contributed by atoms with E-state index in [1.165, 1.54) is 0 Å². The minimum absolute atomic E-state index is 0. The first-order chi connectivity index (χ1) is 12.4. The van der Waals surface area contributed by atoms with E-state index in [1.54, 1.807) is 24.3 Å². The summed E-state index contributed by atoms with van der Waals surface area (Å²) >= 11 is 0. The number of sulfonamides is 1. The molecule has 0 fully saturated rings. The predicted octanol–water partition coefficient (Wildman–Crippen LogP) is 3.33. The zero-order chi connectivity index (χ0) is 18.6. The molecule has 0 spiro atoms. The van der Waals surface area contributed by atoms with Gasteiger partial charge in [0, 0.05) is 25.9 Å². The Morgan fingerprint density at radius 3 is 1.93 bits per heavy atom. The summed E-state index contributed by atoms with van der Waals surface area (Å²) < 4.78 is 28.6. The Hall–Kier alpha value is -1.85. The van der Waals surface area contributed by atoms with E-state index in [2.05, 4.69) is 4.72 Å². The fraction of sp³-hybridized carbons (Fsp3) is 0.143. The van der Waals surface area contributed by atoms with Crippen LogP contribution in [0.15, 0.2) is 89.8 Å². The first-order valence-corrected chi connectivity index (χ1v) is 9.86. The van der Waals surface area contributed by atoms with E-state index in [4.69, 9.17) is 5.73 Å². The smallest absolute Gasteiger partial charge is 0.242 e. The quantitative estimate of drug-likeness (QED) is 0.432. The van der Waals surface area contributed by atoms with Crippen LogP contribution in [0.25, 0.3) is 0 Å². The Labute approximate surface area is 173 Å². The van der Waals surface area contributed by atoms with E-state index in [-0.39, 0.29) is 24.4 Å². The van der Waals surface area contributed by atoms with Crippen LogP contribution in [0.3, 0.4) is 0 Å². The van der Waals surface area contributed by atoms with Crippen molar-refractivity contribution in [3.8, 4) is 0 Å². The standard InChI is InChI=1S/C21H22N2O2S.Ru/c1-17-12-14-20(15-13-17)26(24,25)23-21(22,19-10-6-3-7-11-19)16-18-8-4-2-5-9-18;/h2-15,23H,16,22H2,1H3;/t21-;/m0./s1. The molecule has 0 heterocycles. The summed E-state index contributed by atoms with van der Waals surface area (Å²) in [6, 6.07) is 25.6. The summed E-state index contributed by atoms with van der Waals surface area (Å²) in [4.78, 5) is 0.196. The van der Waals surface area contributed by atoms with Gasteiger partial charge in [-0.05, 0) is 30.2 Å². The van der Waals surface area contributed by atoms with Crippen LogP contribution in [0.2, 0.25) is 0 Å². The average molecular weight is 468 g/mol. The third-order valence-corrected chi connectivity index (χ3v) is 5.79. The first kappa shape index (κ1) is 21.5. The van der Waals surface area contributed by atoms with Gasteiger partial charge < -0.3 is 5.73 Å². The SMILES string of the molecule is Cc1ccc(S(=O)(=O)N[C@@](N)(Cc2ccccc2)c2ccccc2)cc1.[Ru]. The van der Waals surface area contributed by atoms with Crippen LogP contribution in [0.4, 0.5) is 0 Å². The number of rotatable bonds is 6. The molecule has 6 heteroatoms. The second kappa shape index (κ2) is 8.89. The Bertz CT molecular complexity index is 962. The summed E-state index contributed by atoms with van der Waals surface area (Å²) in [5.74, 6) is 0. The van der Waals surface area contributed by atoms with E-state index in [0.717, 1.165) is 11.1 Å². The van der Waals surface area contributed by atoms with Crippen molar-refractivity contribution in [3.63, 3.8) is 0 Å². The molecule has 0 radical (unpaired) electrons. The van der Waals surface area contributed by atoms with Crippen molar-refractivity contribution in [3.05, 3.63) is 102 Å². The maximum absolute atomic E-state index is 12.9. The first-order valence-electron chi connectivity index (χ1n) is 8.38. The molecule has 3 rings (SSSR count). The molecule has 0 bridgehead atoms. The van der Waals surface area contributed by atoms with Crippen molar-refractivity contribution in [2.24, 2.45) is 5.73 Å². The van der Waals surface area contributed by atoms with E-state index >= 15 is 0 Å². The molecule has 142 valence electrons. The summed E-state index contributed by atoms with van der Waals surface area (Å²) in [5, 5.41) is 0. The number of hydrogen-bond donors (Lipinski definition) is 2. The summed E-state index contributed by atoms with van der Waals surface area (Å²) in [6.45, 7) is 1.91. The van der Waals surface area contributed by atoms with E-state index in [0.29, 0.717) is 12.0 Å². The normalized spacial score (nSPS) is 13.4. The van der Waals surface area contributed by atoms with E-state index < -0.39 is 15.7 Å². The van der Waals surface area contributed by atoms with Crippen LogP contribution in [0.5, 0.6) is 0 Å². The summed E-state index contributed by atoms with van der Waals surface area (Å²) in [6.07, 6.45) is 0.336. The Morgan fingerprint density at radius 2 is 1.37 bits per heavy atom. The zero-order valence-electron chi connectivity index (χ0n) is 14.9. The molecule has 0 unspecified atom stereocenters. The third kappa shape index (κ3) is 5.33. The molecule has 3 aromatic carbocycles. The Kier molecular flexibility index (Phi) is 7.07. The van der Waals surface area contributed by atoms with Crippen molar-refractivity contribution in [2.75, 3.05) is 0 Å². The number of hydrogen-bond acceptors (Lipinski definition) is 3. The number of nitrogens with one attached hydrogen (secondary N) is 1.